The molecule has 2 saturated heterocycles. The van der Waals surface area contributed by atoms with Crippen molar-refractivity contribution in [2.24, 2.45) is 5.41 Å². The van der Waals surface area contributed by atoms with Gasteiger partial charge < -0.3 is 14.9 Å². The highest BCUT2D eigenvalue weighted by molar-refractivity contribution is 5.96. The normalized spacial score (nSPS) is 21.1. The van der Waals surface area contributed by atoms with Crippen LogP contribution in [0.3, 0.4) is 0 Å². The van der Waals surface area contributed by atoms with E-state index in [1.54, 1.807) is 0 Å². The number of hydrogen-bond donors (Lipinski definition) is 1. The molecule has 3 fully saturated rings. The third kappa shape index (κ3) is 4.26. The molecule has 0 amide bonds. The maximum Gasteiger partial charge on any atom is 0.150 e. The zero-order valence-electron chi connectivity index (χ0n) is 22.7. The van der Waals surface area contributed by atoms with Crippen molar-refractivity contribution in [3.8, 4) is 11.3 Å². The van der Waals surface area contributed by atoms with E-state index < -0.39 is 0 Å². The minimum Gasteiger partial charge on any atom is -0.399 e. The lowest BCUT2D eigenvalue weighted by atomic mass is 9.68. The third-order valence-electron chi connectivity index (χ3n) is 9.21. The Kier molecular flexibility index (Phi) is 5.67. The molecule has 10 heteroatoms. The van der Waals surface area contributed by atoms with E-state index in [1.165, 1.54) is 44.3 Å². The maximum atomic E-state index is 6.33. The first-order chi connectivity index (χ1) is 19.6. The Morgan fingerprint density at radius 3 is 2.80 bits per heavy atom. The van der Waals surface area contributed by atoms with E-state index in [9.17, 15) is 0 Å². The summed E-state index contributed by atoms with van der Waals surface area (Å²) in [5, 5.41) is 14.6. The molecule has 1 aliphatic carbocycles. The number of pyridine rings is 1. The van der Waals surface area contributed by atoms with Crippen LogP contribution < -0.4 is 5.73 Å². The van der Waals surface area contributed by atoms with E-state index in [4.69, 9.17) is 15.5 Å². The van der Waals surface area contributed by atoms with Gasteiger partial charge in [-0.1, -0.05) is 17.7 Å². The Morgan fingerprint density at radius 2 is 1.98 bits per heavy atom. The van der Waals surface area contributed by atoms with Crippen LogP contribution in [0.4, 0.5) is 5.69 Å². The number of benzene rings is 1. The molecule has 10 nitrogen and oxygen atoms in total. The van der Waals surface area contributed by atoms with Crippen molar-refractivity contribution in [1.29, 1.82) is 0 Å². The Bertz CT molecular complexity index is 1690. The molecule has 1 unspecified atom stereocenters. The zero-order valence-corrected chi connectivity index (χ0v) is 22.7. The number of fused-ring (bicyclic) bond motifs is 2. The molecule has 1 aromatic carbocycles. The van der Waals surface area contributed by atoms with Crippen molar-refractivity contribution >= 4 is 22.2 Å². The summed E-state index contributed by atoms with van der Waals surface area (Å²) in [4.78, 5) is 7.46. The van der Waals surface area contributed by atoms with Crippen LogP contribution in [-0.2, 0) is 17.8 Å². The van der Waals surface area contributed by atoms with Crippen LogP contribution in [0.1, 0.15) is 62.4 Å². The smallest absolute Gasteiger partial charge is 0.150 e. The van der Waals surface area contributed by atoms with Gasteiger partial charge in [0.1, 0.15) is 11.3 Å². The van der Waals surface area contributed by atoms with E-state index >= 15 is 0 Å². The van der Waals surface area contributed by atoms with Crippen molar-refractivity contribution < 1.29 is 4.74 Å². The lowest BCUT2D eigenvalue weighted by molar-refractivity contribution is -0.0366. The first kappa shape index (κ1) is 24.1. The number of rotatable bonds is 6. The second-order valence-corrected chi connectivity index (χ2v) is 12.1. The zero-order chi connectivity index (χ0) is 26.7. The second-order valence-electron chi connectivity index (χ2n) is 12.1. The Morgan fingerprint density at radius 1 is 1.02 bits per heavy atom. The molecule has 5 aromatic rings. The Balaban J connectivity index is 1.01. The molecular weight excluding hydrogens is 502 g/mol. The van der Waals surface area contributed by atoms with Crippen LogP contribution in [0, 0.1) is 5.41 Å². The van der Waals surface area contributed by atoms with E-state index in [-0.39, 0.29) is 6.23 Å². The minimum atomic E-state index is -0.0538. The van der Waals surface area contributed by atoms with E-state index in [0.29, 0.717) is 17.6 Å². The number of nitrogen functional groups attached to an aromatic ring is 1. The molecule has 0 radical (unpaired) electrons. The fraction of sp³-hybridized carbons (Fsp3) is 0.467. The van der Waals surface area contributed by atoms with E-state index in [0.717, 1.165) is 65.9 Å². The number of aromatic nitrogens is 7. The topological polar surface area (TPSA) is 104 Å². The summed E-state index contributed by atoms with van der Waals surface area (Å²) in [6.07, 6.45) is 16.9. The molecule has 1 saturated carbocycles. The van der Waals surface area contributed by atoms with Crippen molar-refractivity contribution in [3.05, 3.63) is 60.3 Å². The molecule has 1 spiro atoms. The van der Waals surface area contributed by atoms with Gasteiger partial charge >= 0.3 is 0 Å². The van der Waals surface area contributed by atoms with Gasteiger partial charge in [-0.15, -0.1) is 5.10 Å². The predicted octanol–water partition coefficient (Wildman–Crippen LogP) is 4.65. The second kappa shape index (κ2) is 9.42. The maximum absolute atomic E-state index is 6.33. The van der Waals surface area contributed by atoms with Crippen LogP contribution in [0.25, 0.3) is 27.8 Å². The summed E-state index contributed by atoms with van der Waals surface area (Å²) >= 11 is 0. The van der Waals surface area contributed by atoms with Crippen molar-refractivity contribution in [3.63, 3.8) is 0 Å². The number of anilines is 1. The predicted molar refractivity (Wildman–Crippen MR) is 152 cm³/mol. The molecule has 8 rings (SSSR count). The average Bonchev–Trinajstić information content (AvgIpc) is 3.74. The fourth-order valence-electron chi connectivity index (χ4n) is 6.96. The van der Waals surface area contributed by atoms with Crippen LogP contribution in [0.2, 0.25) is 0 Å². The Labute approximate surface area is 232 Å². The highest BCUT2D eigenvalue weighted by Gasteiger charge is 2.42. The van der Waals surface area contributed by atoms with Gasteiger partial charge in [-0.25, -0.2) is 14.3 Å². The van der Waals surface area contributed by atoms with Crippen molar-refractivity contribution in [2.45, 2.75) is 64.3 Å². The van der Waals surface area contributed by atoms with Crippen LogP contribution in [-0.4, -0.2) is 58.8 Å². The lowest BCUT2D eigenvalue weighted by Gasteiger charge is -2.38. The molecule has 4 aromatic heterocycles. The van der Waals surface area contributed by atoms with Gasteiger partial charge in [0.2, 0.25) is 0 Å². The summed E-state index contributed by atoms with van der Waals surface area (Å²) in [5.74, 6) is 0. The van der Waals surface area contributed by atoms with Gasteiger partial charge in [-0.05, 0) is 74.2 Å². The molecule has 6 heterocycles. The first-order valence-corrected chi connectivity index (χ1v) is 14.6. The number of hydrogen-bond acceptors (Lipinski definition) is 7. The Hall–Kier alpha value is -3.76. The highest BCUT2D eigenvalue weighted by atomic mass is 16.5. The average molecular weight is 538 g/mol. The number of ether oxygens (including phenoxy) is 1. The monoisotopic (exact) mass is 537 g/mol. The van der Waals surface area contributed by atoms with Crippen LogP contribution >= 0.6 is 0 Å². The largest absolute Gasteiger partial charge is 0.399 e. The van der Waals surface area contributed by atoms with E-state index in [1.807, 2.05) is 33.9 Å². The van der Waals surface area contributed by atoms with Gasteiger partial charge in [0.15, 0.2) is 6.23 Å². The summed E-state index contributed by atoms with van der Waals surface area (Å²) in [6.45, 7) is 4.79. The number of likely N-dealkylation sites (tertiary alicyclic amines) is 1. The lowest BCUT2D eigenvalue weighted by Crippen LogP contribution is -2.32. The van der Waals surface area contributed by atoms with E-state index in [2.05, 4.69) is 49.2 Å². The summed E-state index contributed by atoms with van der Waals surface area (Å²) in [6, 6.07) is 8.26. The molecule has 2 N–H and O–H groups in total. The van der Waals surface area contributed by atoms with Gasteiger partial charge in [0, 0.05) is 48.7 Å². The number of nitrogens with zero attached hydrogens (tertiary/aromatic N) is 8. The van der Waals surface area contributed by atoms with Crippen molar-refractivity contribution in [1.82, 2.24) is 39.1 Å². The van der Waals surface area contributed by atoms with Crippen LogP contribution in [0.15, 0.2) is 49.1 Å². The molecule has 206 valence electrons. The standard InChI is InChI=1S/C30H35N9O/c31-22-12-24(25-14-32-39(27(25)13-22)29-4-1-2-11-40-29)26-19-38(35-34-26)18-23-17-37-16-21(5-6-28(37)33-23)15-36-10-9-30(20-36)7-3-8-30/h5-6,12-14,16-17,19,29H,1-4,7-11,15,18,20,31H2. The molecular formula is C30H35N9O. The minimum absolute atomic E-state index is 0.0538. The molecule has 40 heavy (non-hydrogen) atoms. The first-order valence-electron chi connectivity index (χ1n) is 14.6. The SMILES string of the molecule is Nc1cc(-c2cn(Cc3cn4cc(CN5CCC6(CCC6)C5)ccc4n3)nn2)c2cnn(C3CCCCO3)c2c1. The number of nitrogens with two attached hydrogens (primary N) is 1. The van der Waals surface area contributed by atoms with Gasteiger partial charge in [-0.2, -0.15) is 5.10 Å². The number of imidazole rings is 1. The summed E-state index contributed by atoms with van der Waals surface area (Å²) < 4.78 is 11.9. The summed E-state index contributed by atoms with van der Waals surface area (Å²) in [7, 11) is 0. The highest BCUT2D eigenvalue weighted by Crippen LogP contribution is 2.48. The molecule has 0 bridgehead atoms. The van der Waals surface area contributed by atoms with Crippen molar-refractivity contribution in [2.75, 3.05) is 25.4 Å². The van der Waals surface area contributed by atoms with Gasteiger partial charge in [0.05, 0.1) is 30.1 Å². The molecule has 3 aliphatic rings. The quantitative estimate of drug-likeness (QED) is 0.315. The molecule has 1 atom stereocenters. The fourth-order valence-corrected chi connectivity index (χ4v) is 6.96. The van der Waals surface area contributed by atoms with Gasteiger partial charge in [-0.3, -0.25) is 4.90 Å². The molecule has 2 aliphatic heterocycles. The third-order valence-corrected chi connectivity index (χ3v) is 9.21. The summed E-state index contributed by atoms with van der Waals surface area (Å²) in [5.41, 5.74) is 13.5. The van der Waals surface area contributed by atoms with Gasteiger partial charge in [0.25, 0.3) is 0 Å². The van der Waals surface area contributed by atoms with Crippen LogP contribution in [0.5, 0.6) is 0 Å².